The Morgan fingerprint density at radius 1 is 0.560 bits per heavy atom. The van der Waals surface area contributed by atoms with Crippen molar-refractivity contribution < 1.29 is 4.92 Å². The minimum Gasteiger partial charge on any atom is -0.302 e. The van der Waals surface area contributed by atoms with Crippen molar-refractivity contribution in [3.63, 3.8) is 0 Å². The molecule has 1 aliphatic rings. The number of hydrogen-bond donors (Lipinski definition) is 0. The number of para-hydroxylation sites is 6. The van der Waals surface area contributed by atoms with Crippen molar-refractivity contribution in [2.45, 2.75) is 0 Å². The number of hydrogen-bond acceptors (Lipinski definition) is 4. The Labute approximate surface area is 293 Å². The first kappa shape index (κ1) is 29.6. The fraction of sp³-hybridized carbons (Fsp3) is 0. The standard InChI is InChI=1S/C43H27ClN4O2/c44-36-16-10-15-34-32-13-4-5-14-33(32)35-27-30(25-26-38(35)47(42(34)36)40-19-8-9-20-41(40)48(49)50)28-21-23-29(24-22-28)43-45-37-17-6-7-18-39(37)46(43)31-11-2-1-3-12-31/h1-27H. The molecule has 2 heterocycles. The Bertz CT molecular complexity index is 2600. The van der Waals surface area contributed by atoms with Crippen LogP contribution in [0.3, 0.4) is 0 Å². The highest BCUT2D eigenvalue weighted by Gasteiger charge is 2.31. The second-order valence-corrected chi connectivity index (χ2v) is 12.6. The van der Waals surface area contributed by atoms with Crippen molar-refractivity contribution in [2.24, 2.45) is 0 Å². The van der Waals surface area contributed by atoms with E-state index in [0.717, 1.165) is 67.2 Å². The Morgan fingerprint density at radius 2 is 1.20 bits per heavy atom. The van der Waals surface area contributed by atoms with Gasteiger partial charge in [0.05, 0.1) is 32.4 Å². The molecule has 1 aromatic heterocycles. The second-order valence-electron chi connectivity index (χ2n) is 12.2. The van der Waals surface area contributed by atoms with Crippen LogP contribution in [0.4, 0.5) is 22.7 Å². The van der Waals surface area contributed by atoms with Gasteiger partial charge < -0.3 is 4.90 Å². The quantitative estimate of drug-likeness (QED) is 0.135. The van der Waals surface area contributed by atoms with E-state index in [1.54, 1.807) is 12.1 Å². The van der Waals surface area contributed by atoms with Crippen molar-refractivity contribution >= 4 is 45.4 Å². The number of nitrogens with zero attached hydrogens (tertiary/aromatic N) is 4. The summed E-state index contributed by atoms with van der Waals surface area (Å²) in [4.78, 5) is 19.0. The molecule has 0 unspecified atom stereocenters. The van der Waals surface area contributed by atoms with E-state index in [1.807, 2.05) is 83.8 Å². The predicted molar refractivity (Wildman–Crippen MR) is 203 cm³/mol. The molecule has 0 aliphatic carbocycles. The minimum atomic E-state index is -0.342. The molecular formula is C43H27ClN4O2. The van der Waals surface area contributed by atoms with Crippen LogP contribution in [-0.2, 0) is 0 Å². The van der Waals surface area contributed by atoms with Gasteiger partial charge in [-0.3, -0.25) is 14.7 Å². The van der Waals surface area contributed by atoms with Gasteiger partial charge in [0.25, 0.3) is 5.69 Å². The van der Waals surface area contributed by atoms with Gasteiger partial charge in [-0.2, -0.15) is 0 Å². The third-order valence-corrected chi connectivity index (χ3v) is 9.63. The SMILES string of the molecule is O=[N+]([O-])c1ccccc1N1c2ccc(-c3ccc(-c4nc5ccccc5n4-c4ccccc4)cc3)cc2-c2ccccc2-c2cccc(Cl)c21. The zero-order valence-electron chi connectivity index (χ0n) is 26.6. The monoisotopic (exact) mass is 666 g/mol. The second kappa shape index (κ2) is 11.9. The first-order valence-electron chi connectivity index (χ1n) is 16.3. The van der Waals surface area contributed by atoms with Gasteiger partial charge >= 0.3 is 0 Å². The van der Waals surface area contributed by atoms with Crippen LogP contribution in [-0.4, -0.2) is 14.5 Å². The molecule has 0 radical (unpaired) electrons. The number of benzene rings is 7. The zero-order valence-corrected chi connectivity index (χ0v) is 27.3. The number of halogens is 1. The molecule has 0 bridgehead atoms. The molecule has 0 amide bonds. The maximum absolute atomic E-state index is 12.3. The number of rotatable bonds is 5. The molecule has 1 aliphatic heterocycles. The topological polar surface area (TPSA) is 64.2 Å². The van der Waals surface area contributed by atoms with Gasteiger partial charge in [0.1, 0.15) is 11.5 Å². The number of aromatic nitrogens is 2. The Hall–Kier alpha value is -6.50. The van der Waals surface area contributed by atoms with Crippen LogP contribution in [0.5, 0.6) is 0 Å². The van der Waals surface area contributed by atoms with Crippen LogP contribution in [0.1, 0.15) is 0 Å². The van der Waals surface area contributed by atoms with Gasteiger partial charge in [0.2, 0.25) is 0 Å². The summed E-state index contributed by atoms with van der Waals surface area (Å²) in [6, 6.07) is 54.0. The molecule has 7 aromatic carbocycles. The summed E-state index contributed by atoms with van der Waals surface area (Å²) in [6.45, 7) is 0. The van der Waals surface area contributed by atoms with Gasteiger partial charge in [-0.05, 0) is 70.8 Å². The maximum atomic E-state index is 12.3. The van der Waals surface area contributed by atoms with Gasteiger partial charge in [0, 0.05) is 28.4 Å². The number of fused-ring (bicyclic) bond motifs is 6. The van der Waals surface area contributed by atoms with Crippen molar-refractivity contribution in [3.05, 3.63) is 179 Å². The van der Waals surface area contributed by atoms with E-state index in [1.165, 1.54) is 6.07 Å². The minimum absolute atomic E-state index is 0.00327. The summed E-state index contributed by atoms with van der Waals surface area (Å²) in [5.41, 5.74) is 11.9. The Balaban J connectivity index is 1.21. The van der Waals surface area contributed by atoms with E-state index < -0.39 is 0 Å². The molecule has 0 N–H and O–H groups in total. The van der Waals surface area contributed by atoms with Gasteiger partial charge in [-0.15, -0.1) is 0 Å². The zero-order chi connectivity index (χ0) is 33.8. The lowest BCUT2D eigenvalue weighted by molar-refractivity contribution is -0.384. The number of nitro benzene ring substituents is 1. The fourth-order valence-electron chi connectivity index (χ4n) is 7.09. The summed E-state index contributed by atoms with van der Waals surface area (Å²) in [7, 11) is 0. The van der Waals surface area contributed by atoms with E-state index in [-0.39, 0.29) is 10.6 Å². The normalized spacial score (nSPS) is 11.8. The predicted octanol–water partition coefficient (Wildman–Crippen LogP) is 12.0. The van der Waals surface area contributed by atoms with Crippen LogP contribution in [0.25, 0.3) is 61.5 Å². The van der Waals surface area contributed by atoms with E-state index in [4.69, 9.17) is 16.6 Å². The summed E-state index contributed by atoms with van der Waals surface area (Å²) < 4.78 is 2.20. The lowest BCUT2D eigenvalue weighted by Gasteiger charge is -2.28. The summed E-state index contributed by atoms with van der Waals surface area (Å²) in [6.07, 6.45) is 0. The molecule has 0 fully saturated rings. The molecule has 238 valence electrons. The lowest BCUT2D eigenvalue weighted by atomic mass is 9.92. The molecule has 0 spiro atoms. The number of imidazole rings is 1. The van der Waals surface area contributed by atoms with E-state index in [2.05, 4.69) is 71.3 Å². The van der Waals surface area contributed by atoms with Crippen LogP contribution < -0.4 is 4.90 Å². The first-order valence-corrected chi connectivity index (χ1v) is 16.6. The summed E-state index contributed by atoms with van der Waals surface area (Å²) in [5.74, 6) is 0.870. The molecule has 0 saturated heterocycles. The molecule has 9 rings (SSSR count). The number of nitro groups is 1. The third kappa shape index (κ3) is 4.77. The summed E-state index contributed by atoms with van der Waals surface area (Å²) >= 11 is 6.97. The average Bonchev–Trinajstić information content (AvgIpc) is 3.50. The highest BCUT2D eigenvalue weighted by Crippen LogP contribution is 2.54. The maximum Gasteiger partial charge on any atom is 0.293 e. The smallest absolute Gasteiger partial charge is 0.293 e. The lowest BCUT2D eigenvalue weighted by Crippen LogP contribution is -2.13. The van der Waals surface area contributed by atoms with Gasteiger partial charge in [-0.1, -0.05) is 121 Å². The molecule has 50 heavy (non-hydrogen) atoms. The highest BCUT2D eigenvalue weighted by atomic mass is 35.5. The van der Waals surface area contributed by atoms with E-state index in [0.29, 0.717) is 16.4 Å². The third-order valence-electron chi connectivity index (χ3n) is 9.33. The highest BCUT2D eigenvalue weighted by molar-refractivity contribution is 6.35. The summed E-state index contributed by atoms with van der Waals surface area (Å²) in [5, 5.41) is 12.8. The van der Waals surface area contributed by atoms with Crippen LogP contribution in [0, 0.1) is 10.1 Å². The fourth-order valence-corrected chi connectivity index (χ4v) is 7.35. The molecule has 0 saturated carbocycles. The van der Waals surface area contributed by atoms with Gasteiger partial charge in [-0.25, -0.2) is 4.98 Å². The molecular weight excluding hydrogens is 640 g/mol. The molecule has 8 aromatic rings. The Morgan fingerprint density at radius 3 is 2.00 bits per heavy atom. The van der Waals surface area contributed by atoms with Crippen LogP contribution in [0.15, 0.2) is 164 Å². The van der Waals surface area contributed by atoms with Gasteiger partial charge in [0.15, 0.2) is 0 Å². The first-order chi connectivity index (χ1) is 24.6. The Kier molecular flexibility index (Phi) is 7.04. The van der Waals surface area contributed by atoms with Crippen LogP contribution >= 0.6 is 11.6 Å². The van der Waals surface area contributed by atoms with Crippen molar-refractivity contribution in [3.8, 4) is 50.5 Å². The van der Waals surface area contributed by atoms with Crippen molar-refractivity contribution in [1.82, 2.24) is 9.55 Å². The van der Waals surface area contributed by atoms with Crippen molar-refractivity contribution in [2.75, 3.05) is 4.90 Å². The van der Waals surface area contributed by atoms with Crippen molar-refractivity contribution in [1.29, 1.82) is 0 Å². The molecule has 0 atom stereocenters. The molecule has 7 heteroatoms. The largest absolute Gasteiger partial charge is 0.302 e. The van der Waals surface area contributed by atoms with E-state index >= 15 is 0 Å². The van der Waals surface area contributed by atoms with Crippen LogP contribution in [0.2, 0.25) is 5.02 Å². The van der Waals surface area contributed by atoms with E-state index in [9.17, 15) is 10.1 Å². The molecule has 6 nitrogen and oxygen atoms in total. The number of anilines is 3. The average molecular weight is 667 g/mol.